The number of carboxylic acids is 1. The summed E-state index contributed by atoms with van der Waals surface area (Å²) in [5.74, 6) is -0.890. The Kier molecular flexibility index (Phi) is 3.92. The zero-order valence-electron chi connectivity index (χ0n) is 7.08. The van der Waals surface area contributed by atoms with Crippen molar-refractivity contribution in [2.75, 3.05) is 0 Å². The Morgan fingerprint density at radius 2 is 2.21 bits per heavy atom. The van der Waals surface area contributed by atoms with Crippen LogP contribution in [-0.2, 0) is 4.79 Å². The number of halogens is 2. The number of rotatable bonds is 3. The molecule has 0 radical (unpaired) electrons. The van der Waals surface area contributed by atoms with Gasteiger partial charge in [0.15, 0.2) is 0 Å². The molecule has 0 saturated heterocycles. The van der Waals surface area contributed by atoms with Crippen molar-refractivity contribution in [1.29, 1.82) is 0 Å². The SMILES string of the molecule is O=C(O)CC=Cc1ccc(Cl)nc1Cl. The van der Waals surface area contributed by atoms with Crippen molar-refractivity contribution in [3.8, 4) is 0 Å². The molecule has 0 amide bonds. The summed E-state index contributed by atoms with van der Waals surface area (Å²) < 4.78 is 0. The fourth-order valence-corrected chi connectivity index (χ4v) is 1.24. The highest BCUT2D eigenvalue weighted by Crippen LogP contribution is 2.17. The van der Waals surface area contributed by atoms with E-state index in [1.807, 2.05) is 0 Å². The number of carboxylic acid groups (broad SMARTS) is 1. The minimum atomic E-state index is -0.890. The number of aliphatic carboxylic acids is 1. The van der Waals surface area contributed by atoms with Crippen molar-refractivity contribution in [3.63, 3.8) is 0 Å². The summed E-state index contributed by atoms with van der Waals surface area (Å²) in [7, 11) is 0. The highest BCUT2D eigenvalue weighted by Gasteiger charge is 1.99. The lowest BCUT2D eigenvalue weighted by Gasteiger charge is -1.96. The summed E-state index contributed by atoms with van der Waals surface area (Å²) in [6, 6.07) is 3.27. The van der Waals surface area contributed by atoms with Crippen molar-refractivity contribution in [2.45, 2.75) is 6.42 Å². The molecule has 0 atom stereocenters. The van der Waals surface area contributed by atoms with E-state index in [-0.39, 0.29) is 11.6 Å². The van der Waals surface area contributed by atoms with Gasteiger partial charge in [0.05, 0.1) is 6.42 Å². The summed E-state index contributed by atoms with van der Waals surface area (Å²) in [4.78, 5) is 14.0. The van der Waals surface area contributed by atoms with Crippen molar-refractivity contribution in [2.24, 2.45) is 0 Å². The van der Waals surface area contributed by atoms with Crippen LogP contribution in [-0.4, -0.2) is 16.1 Å². The Morgan fingerprint density at radius 3 is 2.79 bits per heavy atom. The average molecular weight is 232 g/mol. The van der Waals surface area contributed by atoms with Gasteiger partial charge in [-0.3, -0.25) is 4.79 Å². The van der Waals surface area contributed by atoms with Gasteiger partial charge in [0.1, 0.15) is 10.3 Å². The van der Waals surface area contributed by atoms with Crippen LogP contribution in [0.4, 0.5) is 0 Å². The van der Waals surface area contributed by atoms with Gasteiger partial charge >= 0.3 is 5.97 Å². The van der Waals surface area contributed by atoms with E-state index in [1.54, 1.807) is 18.2 Å². The molecule has 0 unspecified atom stereocenters. The van der Waals surface area contributed by atoms with E-state index < -0.39 is 5.97 Å². The summed E-state index contributed by atoms with van der Waals surface area (Å²) >= 11 is 11.3. The molecule has 1 heterocycles. The maximum atomic E-state index is 10.2. The van der Waals surface area contributed by atoms with E-state index in [9.17, 15) is 4.79 Å². The molecule has 0 fully saturated rings. The number of hydrogen-bond donors (Lipinski definition) is 1. The molecule has 3 nitrogen and oxygen atoms in total. The van der Waals surface area contributed by atoms with Crippen LogP contribution < -0.4 is 0 Å². The van der Waals surface area contributed by atoms with E-state index >= 15 is 0 Å². The van der Waals surface area contributed by atoms with Crippen LogP contribution in [0.1, 0.15) is 12.0 Å². The van der Waals surface area contributed by atoms with Gasteiger partial charge in [-0.2, -0.15) is 0 Å². The molecule has 1 aromatic rings. The van der Waals surface area contributed by atoms with Crippen LogP contribution in [0.5, 0.6) is 0 Å². The number of aromatic nitrogens is 1. The molecule has 0 aliphatic heterocycles. The zero-order chi connectivity index (χ0) is 10.6. The molecule has 1 N–H and O–H groups in total. The maximum Gasteiger partial charge on any atom is 0.307 e. The van der Waals surface area contributed by atoms with Crippen LogP contribution in [0.15, 0.2) is 18.2 Å². The predicted molar refractivity (Wildman–Crippen MR) is 55.5 cm³/mol. The standard InChI is InChI=1S/C9H7Cl2NO2/c10-7-5-4-6(9(11)12-7)2-1-3-8(13)14/h1-2,4-5H,3H2,(H,13,14). The molecule has 0 saturated carbocycles. The van der Waals surface area contributed by atoms with E-state index in [4.69, 9.17) is 28.3 Å². The Hall–Kier alpha value is -1.06. The van der Waals surface area contributed by atoms with Crippen LogP contribution in [0.25, 0.3) is 6.08 Å². The number of pyridine rings is 1. The molecule has 74 valence electrons. The fraction of sp³-hybridized carbons (Fsp3) is 0.111. The van der Waals surface area contributed by atoms with Crippen LogP contribution in [0, 0.1) is 0 Å². The predicted octanol–water partition coefficient (Wildman–Crippen LogP) is 2.88. The first kappa shape index (κ1) is 11.0. The normalized spacial score (nSPS) is 10.7. The second-order valence-corrected chi connectivity index (χ2v) is 3.26. The Bertz CT molecular complexity index is 377. The van der Waals surface area contributed by atoms with Gasteiger partial charge in [-0.05, 0) is 12.1 Å². The van der Waals surface area contributed by atoms with Crippen molar-refractivity contribution < 1.29 is 9.90 Å². The number of hydrogen-bond acceptors (Lipinski definition) is 2. The van der Waals surface area contributed by atoms with Gasteiger partial charge < -0.3 is 5.11 Å². The lowest BCUT2D eigenvalue weighted by molar-refractivity contribution is -0.135. The summed E-state index contributed by atoms with van der Waals surface area (Å²) in [5, 5.41) is 8.96. The Morgan fingerprint density at radius 1 is 1.50 bits per heavy atom. The van der Waals surface area contributed by atoms with Gasteiger partial charge in [0.2, 0.25) is 0 Å². The summed E-state index contributed by atoms with van der Waals surface area (Å²) in [5.41, 5.74) is 0.650. The average Bonchev–Trinajstić information content (AvgIpc) is 2.08. The van der Waals surface area contributed by atoms with Crippen molar-refractivity contribution in [1.82, 2.24) is 4.98 Å². The van der Waals surface area contributed by atoms with Gasteiger partial charge in [-0.15, -0.1) is 0 Å². The molecular formula is C9H7Cl2NO2. The van der Waals surface area contributed by atoms with E-state index in [1.165, 1.54) is 6.08 Å². The van der Waals surface area contributed by atoms with E-state index in [2.05, 4.69) is 4.98 Å². The molecule has 1 rings (SSSR count). The monoisotopic (exact) mass is 231 g/mol. The topological polar surface area (TPSA) is 50.2 Å². The van der Waals surface area contributed by atoms with E-state index in [0.717, 1.165) is 0 Å². The van der Waals surface area contributed by atoms with Gasteiger partial charge in [-0.25, -0.2) is 4.98 Å². The first-order chi connectivity index (χ1) is 6.59. The van der Waals surface area contributed by atoms with E-state index in [0.29, 0.717) is 10.7 Å². The van der Waals surface area contributed by atoms with Crippen molar-refractivity contribution in [3.05, 3.63) is 34.1 Å². The molecule has 1 aromatic heterocycles. The van der Waals surface area contributed by atoms with Crippen molar-refractivity contribution >= 4 is 35.2 Å². The molecule has 0 aliphatic carbocycles. The van der Waals surface area contributed by atoms with Gasteiger partial charge in [0, 0.05) is 5.56 Å². The van der Waals surface area contributed by atoms with Gasteiger partial charge in [0.25, 0.3) is 0 Å². The Balaban J connectivity index is 2.76. The highest BCUT2D eigenvalue weighted by atomic mass is 35.5. The lowest BCUT2D eigenvalue weighted by Crippen LogP contribution is -1.89. The minimum absolute atomic E-state index is 0.0427. The summed E-state index contributed by atoms with van der Waals surface area (Å²) in [6.07, 6.45) is 3.05. The quantitative estimate of drug-likeness (QED) is 0.815. The van der Waals surface area contributed by atoms with Crippen LogP contribution >= 0.6 is 23.2 Å². The smallest absolute Gasteiger partial charge is 0.307 e. The zero-order valence-corrected chi connectivity index (χ0v) is 8.59. The third-order valence-electron chi connectivity index (χ3n) is 1.43. The van der Waals surface area contributed by atoms with Crippen LogP contribution in [0.2, 0.25) is 10.3 Å². The highest BCUT2D eigenvalue weighted by molar-refractivity contribution is 6.33. The molecular weight excluding hydrogens is 225 g/mol. The first-order valence-corrected chi connectivity index (χ1v) is 4.55. The first-order valence-electron chi connectivity index (χ1n) is 3.80. The van der Waals surface area contributed by atoms with Crippen LogP contribution in [0.3, 0.4) is 0 Å². The molecule has 0 aliphatic rings. The Labute approximate surface area is 91.0 Å². The van der Waals surface area contributed by atoms with Gasteiger partial charge in [-0.1, -0.05) is 35.4 Å². The maximum absolute atomic E-state index is 10.2. The molecule has 0 spiro atoms. The molecule has 5 heteroatoms. The third-order valence-corrected chi connectivity index (χ3v) is 1.95. The second kappa shape index (κ2) is 4.98. The second-order valence-electron chi connectivity index (χ2n) is 2.51. The number of nitrogens with zero attached hydrogens (tertiary/aromatic N) is 1. The largest absolute Gasteiger partial charge is 0.481 e. The molecule has 14 heavy (non-hydrogen) atoms. The summed E-state index contributed by atoms with van der Waals surface area (Å²) in [6.45, 7) is 0. The molecule has 0 aromatic carbocycles. The fourth-order valence-electron chi connectivity index (χ4n) is 0.834. The number of carbonyl (C=O) groups is 1. The minimum Gasteiger partial charge on any atom is -0.481 e. The lowest BCUT2D eigenvalue weighted by atomic mass is 10.2. The third kappa shape index (κ3) is 3.36. The molecule has 0 bridgehead atoms.